The van der Waals surface area contributed by atoms with Crippen LogP contribution in [0.15, 0.2) is 0 Å². The number of hydrogen-bond donors (Lipinski definition) is 1. The number of halogens is 1. The van der Waals surface area contributed by atoms with Crippen LogP contribution < -0.4 is 5.32 Å². The Labute approximate surface area is 54.4 Å². The largest absolute Gasteiger partial charge is 0.380 e. The standard InChI is InChI=1S/C6H12FNO/c7-3-6-4-8-1-2-9-5-6/h6,8H,1-5H2. The Morgan fingerprint density at radius 2 is 2.56 bits per heavy atom. The molecule has 1 fully saturated rings. The van der Waals surface area contributed by atoms with Crippen molar-refractivity contribution in [3.05, 3.63) is 0 Å². The van der Waals surface area contributed by atoms with Crippen molar-refractivity contribution < 1.29 is 9.13 Å². The average molecular weight is 133 g/mol. The molecule has 0 bridgehead atoms. The second-order valence-corrected chi connectivity index (χ2v) is 2.30. The minimum Gasteiger partial charge on any atom is -0.380 e. The van der Waals surface area contributed by atoms with Gasteiger partial charge < -0.3 is 10.1 Å². The molecule has 1 saturated heterocycles. The Hall–Kier alpha value is -0.150. The van der Waals surface area contributed by atoms with Gasteiger partial charge in [0, 0.05) is 19.0 Å². The second kappa shape index (κ2) is 3.80. The molecule has 0 aliphatic carbocycles. The van der Waals surface area contributed by atoms with Gasteiger partial charge in [-0.15, -0.1) is 0 Å². The van der Waals surface area contributed by atoms with E-state index in [9.17, 15) is 4.39 Å². The summed E-state index contributed by atoms with van der Waals surface area (Å²) >= 11 is 0. The molecule has 0 aromatic heterocycles. The first-order chi connectivity index (χ1) is 4.43. The molecule has 0 saturated carbocycles. The van der Waals surface area contributed by atoms with Crippen molar-refractivity contribution in [2.75, 3.05) is 33.0 Å². The van der Waals surface area contributed by atoms with Crippen LogP contribution in [0, 0.1) is 5.92 Å². The van der Waals surface area contributed by atoms with Crippen LogP contribution in [0.25, 0.3) is 0 Å². The van der Waals surface area contributed by atoms with Crippen LogP contribution >= 0.6 is 0 Å². The van der Waals surface area contributed by atoms with Gasteiger partial charge >= 0.3 is 0 Å². The van der Waals surface area contributed by atoms with Crippen LogP contribution in [0.1, 0.15) is 0 Å². The first-order valence-corrected chi connectivity index (χ1v) is 3.28. The minimum absolute atomic E-state index is 0.0764. The lowest BCUT2D eigenvalue weighted by molar-refractivity contribution is 0.114. The maximum Gasteiger partial charge on any atom is 0.0956 e. The molecule has 1 heterocycles. The van der Waals surface area contributed by atoms with Gasteiger partial charge in [-0.1, -0.05) is 0 Å². The van der Waals surface area contributed by atoms with Crippen LogP contribution in [-0.2, 0) is 4.74 Å². The third-order valence-electron chi connectivity index (χ3n) is 1.43. The third-order valence-corrected chi connectivity index (χ3v) is 1.43. The van der Waals surface area contributed by atoms with Crippen LogP contribution in [0.2, 0.25) is 0 Å². The smallest absolute Gasteiger partial charge is 0.0956 e. The lowest BCUT2D eigenvalue weighted by Gasteiger charge is -2.06. The fourth-order valence-corrected chi connectivity index (χ4v) is 0.859. The summed E-state index contributed by atoms with van der Waals surface area (Å²) in [7, 11) is 0. The summed E-state index contributed by atoms with van der Waals surface area (Å²) in [5, 5.41) is 3.08. The summed E-state index contributed by atoms with van der Waals surface area (Å²) in [6.45, 7) is 2.64. The van der Waals surface area contributed by atoms with E-state index < -0.39 is 0 Å². The highest BCUT2D eigenvalue weighted by atomic mass is 19.1. The second-order valence-electron chi connectivity index (χ2n) is 2.30. The number of hydrogen-bond acceptors (Lipinski definition) is 2. The van der Waals surface area contributed by atoms with E-state index in [1.54, 1.807) is 0 Å². The average Bonchev–Trinajstić information content (AvgIpc) is 2.13. The molecule has 9 heavy (non-hydrogen) atoms. The fourth-order valence-electron chi connectivity index (χ4n) is 0.859. The Morgan fingerprint density at radius 3 is 3.33 bits per heavy atom. The zero-order chi connectivity index (χ0) is 6.53. The Kier molecular flexibility index (Phi) is 2.94. The van der Waals surface area contributed by atoms with E-state index in [1.165, 1.54) is 0 Å². The molecule has 1 N–H and O–H groups in total. The molecule has 0 spiro atoms. The van der Waals surface area contributed by atoms with E-state index in [4.69, 9.17) is 4.74 Å². The molecule has 0 amide bonds. The topological polar surface area (TPSA) is 21.3 Å². The van der Waals surface area contributed by atoms with Gasteiger partial charge in [0.15, 0.2) is 0 Å². The fraction of sp³-hybridized carbons (Fsp3) is 1.00. The van der Waals surface area contributed by atoms with Gasteiger partial charge in [0.25, 0.3) is 0 Å². The van der Waals surface area contributed by atoms with Crippen LogP contribution in [0.5, 0.6) is 0 Å². The van der Waals surface area contributed by atoms with E-state index in [1.807, 2.05) is 0 Å². The van der Waals surface area contributed by atoms with E-state index in [-0.39, 0.29) is 12.6 Å². The van der Waals surface area contributed by atoms with Crippen LogP contribution in [0.4, 0.5) is 4.39 Å². The molecule has 1 unspecified atom stereocenters. The number of alkyl halides is 1. The Balaban J connectivity index is 2.18. The molecular formula is C6H12FNO. The van der Waals surface area contributed by atoms with Crippen molar-refractivity contribution in [3.8, 4) is 0 Å². The van der Waals surface area contributed by atoms with Gasteiger partial charge in [0.1, 0.15) is 0 Å². The molecule has 1 rings (SSSR count). The minimum atomic E-state index is -0.271. The number of rotatable bonds is 1. The summed E-state index contributed by atoms with van der Waals surface area (Å²) in [5.74, 6) is 0.0764. The van der Waals surface area contributed by atoms with Crippen molar-refractivity contribution in [1.29, 1.82) is 0 Å². The highest BCUT2D eigenvalue weighted by molar-refractivity contribution is 4.63. The van der Waals surface area contributed by atoms with E-state index in [0.29, 0.717) is 6.61 Å². The summed E-state index contributed by atoms with van der Waals surface area (Å²) in [6.07, 6.45) is 0. The van der Waals surface area contributed by atoms with Crippen molar-refractivity contribution in [3.63, 3.8) is 0 Å². The normalized spacial score (nSPS) is 29.7. The van der Waals surface area contributed by atoms with Gasteiger partial charge in [0.05, 0.1) is 19.9 Å². The molecule has 3 heteroatoms. The lowest BCUT2D eigenvalue weighted by atomic mass is 10.2. The SMILES string of the molecule is FCC1CNCCOC1. The Bertz CT molecular complexity index is 71.5. The summed E-state index contributed by atoms with van der Waals surface area (Å²) < 4.78 is 17.0. The molecule has 1 aliphatic heterocycles. The van der Waals surface area contributed by atoms with Crippen molar-refractivity contribution in [2.24, 2.45) is 5.92 Å². The van der Waals surface area contributed by atoms with Gasteiger partial charge in [-0.05, 0) is 0 Å². The van der Waals surface area contributed by atoms with Gasteiger partial charge in [-0.3, -0.25) is 4.39 Å². The van der Waals surface area contributed by atoms with E-state index in [2.05, 4.69) is 5.32 Å². The first-order valence-electron chi connectivity index (χ1n) is 3.28. The molecule has 0 aromatic carbocycles. The van der Waals surface area contributed by atoms with Crippen LogP contribution in [0.3, 0.4) is 0 Å². The molecular weight excluding hydrogens is 121 g/mol. The number of ether oxygens (including phenoxy) is 1. The summed E-state index contributed by atoms with van der Waals surface area (Å²) in [4.78, 5) is 0. The van der Waals surface area contributed by atoms with E-state index in [0.717, 1.165) is 19.7 Å². The van der Waals surface area contributed by atoms with Gasteiger partial charge in [-0.25, -0.2) is 0 Å². The highest BCUT2D eigenvalue weighted by Gasteiger charge is 2.10. The zero-order valence-electron chi connectivity index (χ0n) is 5.40. The lowest BCUT2D eigenvalue weighted by Crippen LogP contribution is -2.23. The zero-order valence-corrected chi connectivity index (χ0v) is 5.40. The predicted octanol–water partition coefficient (Wildman–Crippen LogP) is 0.192. The maximum atomic E-state index is 11.9. The van der Waals surface area contributed by atoms with E-state index >= 15 is 0 Å². The summed E-state index contributed by atoms with van der Waals surface area (Å²) in [5.41, 5.74) is 0. The van der Waals surface area contributed by atoms with Crippen molar-refractivity contribution in [2.45, 2.75) is 0 Å². The molecule has 1 aliphatic rings. The molecule has 0 radical (unpaired) electrons. The third kappa shape index (κ3) is 2.28. The van der Waals surface area contributed by atoms with Crippen LogP contribution in [-0.4, -0.2) is 33.0 Å². The maximum absolute atomic E-state index is 11.9. The Morgan fingerprint density at radius 1 is 1.67 bits per heavy atom. The highest BCUT2D eigenvalue weighted by Crippen LogP contribution is 1.99. The van der Waals surface area contributed by atoms with Gasteiger partial charge in [0.2, 0.25) is 0 Å². The van der Waals surface area contributed by atoms with Gasteiger partial charge in [-0.2, -0.15) is 0 Å². The number of nitrogens with one attached hydrogen (secondary N) is 1. The van der Waals surface area contributed by atoms with Crippen molar-refractivity contribution >= 4 is 0 Å². The van der Waals surface area contributed by atoms with Crippen molar-refractivity contribution in [1.82, 2.24) is 5.32 Å². The predicted molar refractivity (Wildman–Crippen MR) is 33.2 cm³/mol. The monoisotopic (exact) mass is 133 g/mol. The summed E-state index contributed by atoms with van der Waals surface area (Å²) in [6, 6.07) is 0. The quantitative estimate of drug-likeness (QED) is 0.551. The molecule has 54 valence electrons. The molecule has 0 aromatic rings. The molecule has 1 atom stereocenters. The molecule has 2 nitrogen and oxygen atoms in total. The first kappa shape index (κ1) is 6.96.